The van der Waals surface area contributed by atoms with Crippen molar-refractivity contribution in [2.24, 2.45) is 0 Å². The molecule has 1 aromatic rings. The lowest BCUT2D eigenvalue weighted by atomic mass is 9.99. The molecule has 1 saturated carbocycles. The number of hydrogen-bond donors (Lipinski definition) is 1. The first-order chi connectivity index (χ1) is 11.5. The molecule has 1 N–H and O–H groups in total. The molecule has 3 atom stereocenters. The van der Waals surface area contributed by atoms with Gasteiger partial charge < -0.3 is 9.84 Å². The Bertz CT molecular complexity index is 754. The van der Waals surface area contributed by atoms with Crippen molar-refractivity contribution >= 4 is 15.9 Å². The molecule has 8 heteroatoms. The smallest absolute Gasteiger partial charge is 0.273 e. The van der Waals surface area contributed by atoms with Crippen LogP contribution in [0.25, 0.3) is 0 Å². The molecule has 2 saturated heterocycles. The summed E-state index contributed by atoms with van der Waals surface area (Å²) in [5.74, 6) is 0.962. The molecular weight excluding hydrogens is 330 g/mol. The van der Waals surface area contributed by atoms with Crippen molar-refractivity contribution in [1.82, 2.24) is 14.8 Å². The summed E-state index contributed by atoms with van der Waals surface area (Å²) in [6.07, 6.45) is 5.11. The predicted octanol–water partition coefficient (Wildman–Crippen LogP) is 1.75. The Hall–Kier alpha value is -1.67. The maximum atomic E-state index is 12.4. The SMILES string of the molecule is C=CS(=O)(=O)N1[C@@H]2CC[C@H]1C[C@H](NC(=O)c1cc(C3CC3)on1)C2. The number of amides is 1. The highest BCUT2D eigenvalue weighted by atomic mass is 32.2. The third kappa shape index (κ3) is 2.77. The number of rotatable bonds is 5. The normalized spacial score (nSPS) is 30.2. The summed E-state index contributed by atoms with van der Waals surface area (Å²) >= 11 is 0. The zero-order chi connectivity index (χ0) is 16.9. The van der Waals surface area contributed by atoms with Crippen LogP contribution < -0.4 is 5.32 Å². The summed E-state index contributed by atoms with van der Waals surface area (Å²) < 4.78 is 31.1. The van der Waals surface area contributed by atoms with Gasteiger partial charge in [0.25, 0.3) is 5.91 Å². The highest BCUT2D eigenvalue weighted by molar-refractivity contribution is 7.92. The molecule has 3 heterocycles. The zero-order valence-electron chi connectivity index (χ0n) is 13.3. The molecule has 1 aliphatic carbocycles. The number of aromatic nitrogens is 1. The van der Waals surface area contributed by atoms with Gasteiger partial charge in [-0.15, -0.1) is 0 Å². The summed E-state index contributed by atoms with van der Waals surface area (Å²) in [5.41, 5.74) is 0.311. The molecule has 3 aliphatic rings. The van der Waals surface area contributed by atoms with Crippen LogP contribution in [0.2, 0.25) is 0 Å². The Kier molecular flexibility index (Phi) is 3.76. The summed E-state index contributed by atoms with van der Waals surface area (Å²) in [6, 6.07) is 1.57. The number of nitrogens with zero attached hydrogens (tertiary/aromatic N) is 2. The van der Waals surface area contributed by atoms with Crippen LogP contribution in [0.1, 0.15) is 60.7 Å². The minimum absolute atomic E-state index is 0.0349. The van der Waals surface area contributed by atoms with Crippen LogP contribution in [0.5, 0.6) is 0 Å². The second-order valence-corrected chi connectivity index (χ2v) is 8.74. The molecule has 1 amide bonds. The van der Waals surface area contributed by atoms with Crippen molar-refractivity contribution in [3.05, 3.63) is 29.5 Å². The third-order valence-electron chi connectivity index (χ3n) is 5.25. The molecule has 0 radical (unpaired) electrons. The van der Waals surface area contributed by atoms with Crippen LogP contribution >= 0.6 is 0 Å². The van der Waals surface area contributed by atoms with Crippen molar-refractivity contribution in [3.63, 3.8) is 0 Å². The van der Waals surface area contributed by atoms with Crippen LogP contribution in [0.15, 0.2) is 22.6 Å². The average Bonchev–Trinajstić information content (AvgIpc) is 3.21. The Balaban J connectivity index is 1.42. The first-order valence-electron chi connectivity index (χ1n) is 8.41. The molecule has 2 aliphatic heterocycles. The number of piperidine rings is 1. The van der Waals surface area contributed by atoms with Gasteiger partial charge in [-0.25, -0.2) is 8.42 Å². The van der Waals surface area contributed by atoms with Crippen LogP contribution in [-0.4, -0.2) is 41.9 Å². The van der Waals surface area contributed by atoms with E-state index in [-0.39, 0.29) is 24.0 Å². The van der Waals surface area contributed by atoms with E-state index in [0.717, 1.165) is 36.9 Å². The fourth-order valence-electron chi connectivity index (χ4n) is 3.97. The monoisotopic (exact) mass is 351 g/mol. The molecule has 2 bridgehead atoms. The van der Waals surface area contributed by atoms with Gasteiger partial charge in [0.1, 0.15) is 5.76 Å². The Labute approximate surface area is 141 Å². The van der Waals surface area contributed by atoms with Crippen molar-refractivity contribution in [3.8, 4) is 0 Å². The molecule has 4 rings (SSSR count). The predicted molar refractivity (Wildman–Crippen MR) is 86.7 cm³/mol. The fourth-order valence-corrected chi connectivity index (χ4v) is 5.36. The van der Waals surface area contributed by atoms with Crippen LogP contribution in [0.4, 0.5) is 0 Å². The van der Waals surface area contributed by atoms with Crippen molar-refractivity contribution < 1.29 is 17.7 Å². The molecule has 24 heavy (non-hydrogen) atoms. The largest absolute Gasteiger partial charge is 0.360 e. The fraction of sp³-hybridized carbons (Fsp3) is 0.625. The summed E-state index contributed by atoms with van der Waals surface area (Å²) in [6.45, 7) is 3.41. The Morgan fingerprint density at radius 1 is 1.29 bits per heavy atom. The minimum Gasteiger partial charge on any atom is -0.360 e. The van der Waals surface area contributed by atoms with Crippen molar-refractivity contribution in [2.75, 3.05) is 0 Å². The topological polar surface area (TPSA) is 92.5 Å². The summed E-state index contributed by atoms with van der Waals surface area (Å²) in [5, 5.41) is 7.87. The van der Waals surface area contributed by atoms with E-state index in [9.17, 15) is 13.2 Å². The molecule has 0 unspecified atom stereocenters. The lowest BCUT2D eigenvalue weighted by Gasteiger charge is -2.37. The highest BCUT2D eigenvalue weighted by Gasteiger charge is 2.46. The van der Waals surface area contributed by atoms with E-state index in [0.29, 0.717) is 24.5 Å². The van der Waals surface area contributed by atoms with Gasteiger partial charge in [-0.3, -0.25) is 4.79 Å². The van der Waals surface area contributed by atoms with Gasteiger partial charge in [-0.05, 0) is 38.5 Å². The molecule has 1 aromatic heterocycles. The lowest BCUT2D eigenvalue weighted by molar-refractivity contribution is 0.0900. The van der Waals surface area contributed by atoms with E-state index in [2.05, 4.69) is 17.1 Å². The van der Waals surface area contributed by atoms with Gasteiger partial charge in [-0.2, -0.15) is 4.31 Å². The van der Waals surface area contributed by atoms with E-state index in [4.69, 9.17) is 4.52 Å². The first-order valence-corrected chi connectivity index (χ1v) is 9.91. The van der Waals surface area contributed by atoms with E-state index in [1.165, 1.54) is 0 Å². The molecule has 130 valence electrons. The number of hydrogen-bond acceptors (Lipinski definition) is 5. The van der Waals surface area contributed by atoms with Gasteiger partial charge in [-0.1, -0.05) is 11.7 Å². The highest BCUT2D eigenvalue weighted by Crippen LogP contribution is 2.40. The van der Waals surface area contributed by atoms with E-state index in [1.807, 2.05) is 0 Å². The Morgan fingerprint density at radius 3 is 2.54 bits per heavy atom. The van der Waals surface area contributed by atoms with E-state index in [1.54, 1.807) is 10.4 Å². The number of fused-ring (bicyclic) bond motifs is 2. The number of sulfonamides is 1. The molecule has 0 aromatic carbocycles. The molecular formula is C16H21N3O4S. The Morgan fingerprint density at radius 2 is 1.96 bits per heavy atom. The second-order valence-electron chi connectivity index (χ2n) is 6.96. The quantitative estimate of drug-likeness (QED) is 0.872. The standard InChI is InChI=1S/C16H21N3O4S/c1-2-24(21,22)19-12-5-6-13(19)8-11(7-12)17-16(20)14-9-15(23-18-14)10-3-4-10/h2,9-13H,1,3-8H2,(H,17,20)/t11-,12-,13+. The minimum atomic E-state index is -3.40. The van der Waals surface area contributed by atoms with Gasteiger partial charge in [0.05, 0.1) is 0 Å². The third-order valence-corrected chi connectivity index (χ3v) is 6.85. The maximum absolute atomic E-state index is 12.4. The summed E-state index contributed by atoms with van der Waals surface area (Å²) in [4.78, 5) is 12.4. The number of carbonyl (C=O) groups is 1. The van der Waals surface area contributed by atoms with Gasteiger partial charge in [0.15, 0.2) is 5.69 Å². The molecule has 3 fully saturated rings. The zero-order valence-corrected chi connectivity index (χ0v) is 14.2. The lowest BCUT2D eigenvalue weighted by Crippen LogP contribution is -2.51. The average molecular weight is 351 g/mol. The van der Waals surface area contributed by atoms with Gasteiger partial charge >= 0.3 is 0 Å². The number of nitrogens with one attached hydrogen (secondary N) is 1. The number of carbonyl (C=O) groups excluding carboxylic acids is 1. The van der Waals surface area contributed by atoms with Gasteiger partial charge in [0, 0.05) is 35.5 Å². The van der Waals surface area contributed by atoms with Crippen LogP contribution in [0, 0.1) is 0 Å². The maximum Gasteiger partial charge on any atom is 0.273 e. The van der Waals surface area contributed by atoms with E-state index < -0.39 is 10.0 Å². The molecule has 0 spiro atoms. The van der Waals surface area contributed by atoms with Crippen LogP contribution in [0.3, 0.4) is 0 Å². The van der Waals surface area contributed by atoms with Crippen LogP contribution in [-0.2, 0) is 10.0 Å². The van der Waals surface area contributed by atoms with Gasteiger partial charge in [0.2, 0.25) is 10.0 Å². The second kappa shape index (κ2) is 5.70. The summed E-state index contributed by atoms with van der Waals surface area (Å²) in [7, 11) is -3.40. The van der Waals surface area contributed by atoms with Crippen molar-refractivity contribution in [2.45, 2.75) is 62.6 Å². The first kappa shape index (κ1) is 15.8. The van der Waals surface area contributed by atoms with Crippen molar-refractivity contribution in [1.29, 1.82) is 0 Å². The van der Waals surface area contributed by atoms with E-state index >= 15 is 0 Å². The molecule has 7 nitrogen and oxygen atoms in total.